The molecule has 1 saturated heterocycles. The number of hydrogen-bond donors (Lipinski definition) is 3. The Morgan fingerprint density at radius 1 is 1.24 bits per heavy atom. The first-order valence-corrected chi connectivity index (χ1v) is 11.6. The van der Waals surface area contributed by atoms with Gasteiger partial charge in [-0.25, -0.2) is 8.42 Å². The number of fused-ring (bicyclic) bond motifs is 2. The van der Waals surface area contributed by atoms with Crippen LogP contribution in [0.4, 0.5) is 18.9 Å². The predicted molar refractivity (Wildman–Crippen MR) is 114 cm³/mol. The topological polar surface area (TPSA) is 121 Å². The lowest BCUT2D eigenvalue weighted by Crippen LogP contribution is -2.67. The van der Waals surface area contributed by atoms with Gasteiger partial charge in [0.2, 0.25) is 0 Å². The Hall–Kier alpha value is -2.99. The fourth-order valence-electron chi connectivity index (χ4n) is 3.84. The first kappa shape index (κ1) is 23.2. The number of benzene rings is 1. The molecule has 8 nitrogen and oxygen atoms in total. The molecule has 3 heterocycles. The average molecular weight is 482 g/mol. The van der Waals surface area contributed by atoms with Crippen LogP contribution in [0.5, 0.6) is 0 Å². The molecule has 0 aliphatic carbocycles. The van der Waals surface area contributed by atoms with Crippen molar-refractivity contribution in [2.45, 2.75) is 36.9 Å². The van der Waals surface area contributed by atoms with Crippen LogP contribution in [0.1, 0.15) is 41.0 Å². The summed E-state index contributed by atoms with van der Waals surface area (Å²) in [6.45, 7) is 3.16. The number of aromatic nitrogens is 1. The molecule has 2 aliphatic heterocycles. The van der Waals surface area contributed by atoms with Gasteiger partial charge in [-0.3, -0.25) is 15.2 Å². The minimum Gasteiger partial charge on any atom is -0.374 e. The summed E-state index contributed by atoms with van der Waals surface area (Å²) < 4.78 is 68.3. The molecule has 3 N–H and O–H groups in total. The number of pyridine rings is 1. The van der Waals surface area contributed by atoms with E-state index in [1.54, 1.807) is 18.2 Å². The number of nitrogens with zero attached hydrogens (tertiary/aromatic N) is 1. The molecular weight excluding hydrogens is 461 g/mol. The van der Waals surface area contributed by atoms with E-state index >= 15 is 0 Å². The molecule has 0 saturated carbocycles. The second kappa shape index (κ2) is 7.52. The van der Waals surface area contributed by atoms with E-state index in [4.69, 9.17) is 10.1 Å². The third-order valence-electron chi connectivity index (χ3n) is 5.99. The fourth-order valence-corrected chi connectivity index (χ4v) is 5.52. The van der Waals surface area contributed by atoms with Crippen LogP contribution < -0.4 is 10.6 Å². The summed E-state index contributed by atoms with van der Waals surface area (Å²) >= 11 is 0. The largest absolute Gasteiger partial charge is 0.417 e. The number of amidine groups is 1. The number of sulfone groups is 1. The first-order valence-electron chi connectivity index (χ1n) is 9.90. The third-order valence-corrected chi connectivity index (χ3v) is 8.63. The molecule has 0 unspecified atom stereocenters. The number of amides is 1. The van der Waals surface area contributed by atoms with Crippen LogP contribution in [0.15, 0.2) is 36.5 Å². The quantitative estimate of drug-likeness (QED) is 0.605. The van der Waals surface area contributed by atoms with Crippen molar-refractivity contribution >= 4 is 27.3 Å². The van der Waals surface area contributed by atoms with Crippen molar-refractivity contribution in [2.24, 2.45) is 0 Å². The number of alkyl halides is 3. The molecule has 0 bridgehead atoms. The summed E-state index contributed by atoms with van der Waals surface area (Å²) in [5, 5.41) is 13.9. The predicted octanol–water partition coefficient (Wildman–Crippen LogP) is 2.85. The fraction of sp³-hybridized carbons (Fsp3) is 0.381. The second-order valence-electron chi connectivity index (χ2n) is 8.60. The Balaban J connectivity index is 1.64. The van der Waals surface area contributed by atoms with Gasteiger partial charge >= 0.3 is 6.18 Å². The maximum atomic E-state index is 12.9. The van der Waals surface area contributed by atoms with Crippen molar-refractivity contribution in [3.63, 3.8) is 0 Å². The van der Waals surface area contributed by atoms with Gasteiger partial charge in [-0.1, -0.05) is 6.07 Å². The highest BCUT2D eigenvalue weighted by Crippen LogP contribution is 2.39. The Morgan fingerprint density at radius 2 is 1.97 bits per heavy atom. The number of carbonyl (C=O) groups excluding carboxylic acids is 1. The van der Waals surface area contributed by atoms with Crippen molar-refractivity contribution < 1.29 is 31.1 Å². The lowest BCUT2D eigenvalue weighted by molar-refractivity contribution is -0.137. The van der Waals surface area contributed by atoms with Crippen LogP contribution in [0.25, 0.3) is 0 Å². The van der Waals surface area contributed by atoms with E-state index < -0.39 is 37.8 Å². The monoisotopic (exact) mass is 482 g/mol. The molecule has 4 rings (SSSR count). The molecule has 12 heteroatoms. The van der Waals surface area contributed by atoms with Gasteiger partial charge < -0.3 is 15.4 Å². The van der Waals surface area contributed by atoms with Gasteiger partial charge in [-0.2, -0.15) is 13.2 Å². The standard InChI is InChI=1S/C21H21F3N4O4S/c1-19(2)18(25)28-20(11-33(19,30)31)10-32-9-12-3-5-14(7-15(12)20)27-17(29)16-6-4-13(8-26-16)21(22,23)24/h3-8H,9-11H2,1-2H3,(H2,25,28)(H,27,29)/t20-/m0/s1. The molecular formula is C21H21F3N4O4S. The SMILES string of the molecule is CC1(C)C(=N)N[C@@]2(COCc3ccc(NC(=O)c4ccc(C(F)(F)F)cn4)cc32)CS1(=O)=O. The van der Waals surface area contributed by atoms with Crippen LogP contribution in [0.3, 0.4) is 0 Å². The number of anilines is 1. The van der Waals surface area contributed by atoms with E-state index in [1.807, 2.05) is 0 Å². The summed E-state index contributed by atoms with van der Waals surface area (Å²) in [5.41, 5.74) is -0.813. The molecule has 2 aliphatic rings. The Morgan fingerprint density at radius 3 is 2.58 bits per heavy atom. The molecule has 33 heavy (non-hydrogen) atoms. The zero-order chi connectivity index (χ0) is 24.2. The van der Waals surface area contributed by atoms with Gasteiger partial charge in [0, 0.05) is 11.9 Å². The highest BCUT2D eigenvalue weighted by molar-refractivity contribution is 7.93. The smallest absolute Gasteiger partial charge is 0.374 e. The van der Waals surface area contributed by atoms with E-state index in [-0.39, 0.29) is 30.5 Å². The van der Waals surface area contributed by atoms with Crippen molar-refractivity contribution in [3.05, 3.63) is 58.9 Å². The van der Waals surface area contributed by atoms with Crippen LogP contribution in [0.2, 0.25) is 0 Å². The van der Waals surface area contributed by atoms with Gasteiger partial charge in [0.05, 0.1) is 24.5 Å². The second-order valence-corrected chi connectivity index (χ2v) is 11.1. The molecule has 1 aromatic heterocycles. The van der Waals surface area contributed by atoms with Gasteiger partial charge in [0.15, 0.2) is 9.84 Å². The third kappa shape index (κ3) is 3.97. The molecule has 176 valence electrons. The van der Waals surface area contributed by atoms with Crippen LogP contribution in [-0.4, -0.2) is 42.3 Å². The highest BCUT2D eigenvalue weighted by atomic mass is 32.2. The van der Waals surface area contributed by atoms with Crippen molar-refractivity contribution in [1.29, 1.82) is 5.41 Å². The number of hydrogen-bond acceptors (Lipinski definition) is 6. The summed E-state index contributed by atoms with van der Waals surface area (Å²) in [6, 6.07) is 6.59. The molecule has 1 amide bonds. The van der Waals surface area contributed by atoms with Gasteiger partial charge in [-0.05, 0) is 49.2 Å². The van der Waals surface area contributed by atoms with E-state index in [2.05, 4.69) is 15.6 Å². The van der Waals surface area contributed by atoms with E-state index in [0.717, 1.165) is 12.1 Å². The summed E-state index contributed by atoms with van der Waals surface area (Å²) in [5.74, 6) is -1.18. The normalized spacial score (nSPS) is 23.5. The molecule has 1 atom stereocenters. The Labute approximate surface area is 188 Å². The minimum absolute atomic E-state index is 0.00947. The molecule has 1 aromatic carbocycles. The average Bonchev–Trinajstić information content (AvgIpc) is 2.72. The zero-order valence-electron chi connectivity index (χ0n) is 17.7. The van der Waals surface area contributed by atoms with Crippen LogP contribution >= 0.6 is 0 Å². The molecule has 0 radical (unpaired) electrons. The summed E-state index contributed by atoms with van der Waals surface area (Å²) in [6.07, 6.45) is -3.98. The first-order chi connectivity index (χ1) is 15.3. The van der Waals surface area contributed by atoms with E-state index in [1.165, 1.54) is 13.8 Å². The lowest BCUT2D eigenvalue weighted by Gasteiger charge is -2.47. The lowest BCUT2D eigenvalue weighted by atomic mass is 9.85. The molecule has 1 spiro atoms. The molecule has 1 fully saturated rings. The van der Waals surface area contributed by atoms with Crippen LogP contribution in [-0.2, 0) is 32.9 Å². The zero-order valence-corrected chi connectivity index (χ0v) is 18.5. The van der Waals surface area contributed by atoms with Gasteiger partial charge in [-0.15, -0.1) is 0 Å². The van der Waals surface area contributed by atoms with Gasteiger partial charge in [0.1, 0.15) is 21.8 Å². The van der Waals surface area contributed by atoms with Gasteiger partial charge in [0.25, 0.3) is 5.91 Å². The van der Waals surface area contributed by atoms with E-state index in [9.17, 15) is 26.4 Å². The Bertz CT molecular complexity index is 1240. The summed E-state index contributed by atoms with van der Waals surface area (Å²) in [4.78, 5) is 16.1. The minimum atomic E-state index is -4.56. The van der Waals surface area contributed by atoms with Crippen molar-refractivity contribution in [2.75, 3.05) is 17.7 Å². The van der Waals surface area contributed by atoms with E-state index in [0.29, 0.717) is 23.0 Å². The number of nitrogens with one attached hydrogen (secondary N) is 3. The maximum absolute atomic E-state index is 12.9. The highest BCUT2D eigenvalue weighted by Gasteiger charge is 2.54. The number of carbonyl (C=O) groups is 1. The number of rotatable bonds is 2. The van der Waals surface area contributed by atoms with Crippen molar-refractivity contribution in [1.82, 2.24) is 10.3 Å². The van der Waals surface area contributed by atoms with Crippen LogP contribution in [0, 0.1) is 5.41 Å². The van der Waals surface area contributed by atoms with Crippen molar-refractivity contribution in [3.8, 4) is 0 Å². The number of ether oxygens (including phenoxy) is 1. The maximum Gasteiger partial charge on any atom is 0.417 e. The Kier molecular flexibility index (Phi) is 5.28. The number of halogens is 3. The summed E-state index contributed by atoms with van der Waals surface area (Å²) in [7, 11) is -3.71. The molecule has 2 aromatic rings.